The normalized spacial score (nSPS) is 18.5. The van der Waals surface area contributed by atoms with E-state index in [9.17, 15) is 0 Å². The van der Waals surface area contributed by atoms with E-state index in [1.54, 1.807) is 7.11 Å². The molecule has 174 valence electrons. The number of nitrogens with one attached hydrogen (secondary N) is 2. The molecule has 4 rings (SSSR count). The lowest BCUT2D eigenvalue weighted by Gasteiger charge is -2.14. The number of hydrogen-bond acceptors (Lipinski definition) is 8. The summed E-state index contributed by atoms with van der Waals surface area (Å²) < 4.78 is 24.1. The molecule has 3 aromatic heterocycles. The number of nitrogens with zero attached hydrogens (tertiary/aromatic N) is 4. The number of rotatable bonds is 12. The second kappa shape index (κ2) is 10.8. The van der Waals surface area contributed by atoms with Crippen molar-refractivity contribution >= 4 is 17.0 Å². The molecule has 2 atom stereocenters. The first-order chi connectivity index (χ1) is 15.7. The maximum absolute atomic E-state index is 5.83. The first-order valence-electron chi connectivity index (χ1n) is 11.2. The third-order valence-corrected chi connectivity index (χ3v) is 5.53. The topological polar surface area (TPSA) is 108 Å². The number of anilines is 1. The van der Waals surface area contributed by atoms with E-state index in [1.807, 2.05) is 23.9 Å². The minimum atomic E-state index is 0.142. The van der Waals surface area contributed by atoms with E-state index in [4.69, 9.17) is 23.9 Å². The standard InChI is InChI=1S/C22H32N6O4/c1-4-16-13-18-21(25-20(16)23-14-17-5-7-28(27-17)8-10-29-3)26-22(24-18)32-12-11-31-19-6-9-30-15(19)2/h5,7,13,15,19H,4,6,8-12,14H2,1-3H3,(H2,23,24,25,26)/t15-,19-/m1/s1. The third kappa shape index (κ3) is 5.56. The summed E-state index contributed by atoms with van der Waals surface area (Å²) in [7, 11) is 1.69. The molecular weight excluding hydrogens is 412 g/mol. The highest BCUT2D eigenvalue weighted by atomic mass is 16.6. The molecule has 0 saturated carbocycles. The van der Waals surface area contributed by atoms with Gasteiger partial charge in [-0.05, 0) is 37.5 Å². The molecule has 0 aliphatic carbocycles. The van der Waals surface area contributed by atoms with Crippen LogP contribution in [0.1, 0.15) is 31.5 Å². The zero-order chi connectivity index (χ0) is 22.3. The fourth-order valence-corrected chi connectivity index (χ4v) is 3.70. The highest BCUT2D eigenvalue weighted by molar-refractivity contribution is 5.75. The van der Waals surface area contributed by atoms with Crippen molar-refractivity contribution in [1.29, 1.82) is 0 Å². The Balaban J connectivity index is 1.34. The maximum atomic E-state index is 5.83. The monoisotopic (exact) mass is 444 g/mol. The number of ether oxygens (including phenoxy) is 4. The van der Waals surface area contributed by atoms with Gasteiger partial charge in [-0.2, -0.15) is 10.1 Å². The molecule has 1 saturated heterocycles. The van der Waals surface area contributed by atoms with Crippen molar-refractivity contribution in [3.05, 3.63) is 29.6 Å². The van der Waals surface area contributed by atoms with Crippen molar-refractivity contribution in [2.45, 2.75) is 52.0 Å². The molecular formula is C22H32N6O4. The van der Waals surface area contributed by atoms with Gasteiger partial charge in [0.15, 0.2) is 5.65 Å². The van der Waals surface area contributed by atoms with Crippen molar-refractivity contribution in [3.63, 3.8) is 0 Å². The first kappa shape index (κ1) is 22.5. The van der Waals surface area contributed by atoms with Crippen LogP contribution in [-0.2, 0) is 33.7 Å². The van der Waals surface area contributed by atoms with Crippen LogP contribution in [0.5, 0.6) is 6.01 Å². The third-order valence-electron chi connectivity index (χ3n) is 5.53. The van der Waals surface area contributed by atoms with Gasteiger partial charge in [-0.25, -0.2) is 4.98 Å². The van der Waals surface area contributed by atoms with E-state index in [-0.39, 0.29) is 12.2 Å². The van der Waals surface area contributed by atoms with Crippen molar-refractivity contribution in [1.82, 2.24) is 24.7 Å². The number of aryl methyl sites for hydroxylation is 1. The van der Waals surface area contributed by atoms with Gasteiger partial charge >= 0.3 is 0 Å². The van der Waals surface area contributed by atoms with Gasteiger partial charge in [0.1, 0.15) is 12.4 Å². The highest BCUT2D eigenvalue weighted by Crippen LogP contribution is 2.22. The number of pyridine rings is 1. The number of fused-ring (bicyclic) bond motifs is 1. The number of aromatic amines is 1. The van der Waals surface area contributed by atoms with Crippen LogP contribution in [0.2, 0.25) is 0 Å². The molecule has 1 fully saturated rings. The molecule has 4 heterocycles. The molecule has 32 heavy (non-hydrogen) atoms. The predicted octanol–water partition coefficient (Wildman–Crippen LogP) is 2.55. The van der Waals surface area contributed by atoms with Gasteiger partial charge in [0, 0.05) is 19.9 Å². The lowest BCUT2D eigenvalue weighted by molar-refractivity contribution is -0.0109. The lowest BCUT2D eigenvalue weighted by Crippen LogP contribution is -2.23. The van der Waals surface area contributed by atoms with Crippen LogP contribution in [0.3, 0.4) is 0 Å². The number of H-pyrrole nitrogens is 1. The zero-order valence-corrected chi connectivity index (χ0v) is 19.0. The van der Waals surface area contributed by atoms with Gasteiger partial charge in [-0.1, -0.05) is 6.92 Å². The fraction of sp³-hybridized carbons (Fsp3) is 0.591. The zero-order valence-electron chi connectivity index (χ0n) is 19.0. The highest BCUT2D eigenvalue weighted by Gasteiger charge is 2.24. The molecule has 10 heteroatoms. The second-order valence-electron chi connectivity index (χ2n) is 7.80. The van der Waals surface area contributed by atoms with Crippen LogP contribution >= 0.6 is 0 Å². The van der Waals surface area contributed by atoms with Gasteiger partial charge in [0.05, 0.1) is 49.7 Å². The summed E-state index contributed by atoms with van der Waals surface area (Å²) in [6.07, 6.45) is 4.01. The van der Waals surface area contributed by atoms with Crippen LogP contribution in [0.15, 0.2) is 18.3 Å². The van der Waals surface area contributed by atoms with Crippen molar-refractivity contribution in [2.75, 3.05) is 38.9 Å². The summed E-state index contributed by atoms with van der Waals surface area (Å²) >= 11 is 0. The minimum absolute atomic E-state index is 0.142. The summed E-state index contributed by atoms with van der Waals surface area (Å²) in [5.74, 6) is 0.808. The predicted molar refractivity (Wildman–Crippen MR) is 120 cm³/mol. The molecule has 1 aliphatic rings. The van der Waals surface area contributed by atoms with Crippen LogP contribution in [0.4, 0.5) is 5.82 Å². The number of hydrogen-bond donors (Lipinski definition) is 2. The SMILES string of the molecule is CCc1cc2[nH]c(OCCO[C@@H]3CCO[C@@H]3C)nc2nc1NCc1ccn(CCOC)n1. The van der Waals surface area contributed by atoms with E-state index in [0.717, 1.165) is 48.6 Å². The van der Waals surface area contributed by atoms with E-state index >= 15 is 0 Å². The maximum Gasteiger partial charge on any atom is 0.296 e. The molecule has 0 unspecified atom stereocenters. The molecule has 1 aliphatic heterocycles. The summed E-state index contributed by atoms with van der Waals surface area (Å²) in [5, 5.41) is 7.94. The molecule has 3 aromatic rings. The van der Waals surface area contributed by atoms with Crippen molar-refractivity contribution in [2.24, 2.45) is 0 Å². The van der Waals surface area contributed by atoms with Gasteiger partial charge in [-0.3, -0.25) is 4.68 Å². The number of imidazole rings is 1. The van der Waals surface area contributed by atoms with Crippen molar-refractivity contribution < 1.29 is 18.9 Å². The first-order valence-corrected chi connectivity index (χ1v) is 11.2. The summed E-state index contributed by atoms with van der Waals surface area (Å²) in [6.45, 7) is 7.76. The van der Waals surface area contributed by atoms with Crippen LogP contribution in [0, 0.1) is 0 Å². The fourth-order valence-electron chi connectivity index (χ4n) is 3.70. The molecule has 10 nitrogen and oxygen atoms in total. The molecule has 0 bridgehead atoms. The second-order valence-corrected chi connectivity index (χ2v) is 7.80. The van der Waals surface area contributed by atoms with Gasteiger partial charge in [0.2, 0.25) is 0 Å². The summed E-state index contributed by atoms with van der Waals surface area (Å²) in [4.78, 5) is 12.4. The number of methoxy groups -OCH3 is 1. The van der Waals surface area contributed by atoms with Gasteiger partial charge in [0.25, 0.3) is 6.01 Å². The molecule has 2 N–H and O–H groups in total. The Bertz CT molecular complexity index is 1000. The average Bonchev–Trinajstić information content (AvgIpc) is 3.52. The molecule has 0 aromatic carbocycles. The average molecular weight is 445 g/mol. The summed E-state index contributed by atoms with van der Waals surface area (Å²) in [6, 6.07) is 4.51. The Labute approximate surface area is 187 Å². The Morgan fingerprint density at radius 3 is 2.97 bits per heavy atom. The van der Waals surface area contributed by atoms with E-state index in [1.165, 1.54) is 0 Å². The Kier molecular flexibility index (Phi) is 7.56. The molecule has 0 amide bonds. The minimum Gasteiger partial charge on any atom is -0.462 e. The van der Waals surface area contributed by atoms with E-state index in [0.29, 0.717) is 38.0 Å². The van der Waals surface area contributed by atoms with Gasteiger partial charge < -0.3 is 29.2 Å². The quantitative estimate of drug-likeness (QED) is 0.410. The Hall–Kier alpha value is -2.69. The lowest BCUT2D eigenvalue weighted by atomic mass is 10.2. The molecule has 0 radical (unpaired) electrons. The molecule has 0 spiro atoms. The largest absolute Gasteiger partial charge is 0.462 e. The number of aromatic nitrogens is 5. The van der Waals surface area contributed by atoms with Crippen LogP contribution in [0.25, 0.3) is 11.2 Å². The smallest absolute Gasteiger partial charge is 0.296 e. The van der Waals surface area contributed by atoms with E-state index in [2.05, 4.69) is 33.4 Å². The summed E-state index contributed by atoms with van der Waals surface area (Å²) in [5.41, 5.74) is 3.51. The van der Waals surface area contributed by atoms with E-state index < -0.39 is 0 Å². The van der Waals surface area contributed by atoms with Crippen molar-refractivity contribution in [3.8, 4) is 6.01 Å². The van der Waals surface area contributed by atoms with Gasteiger partial charge in [-0.15, -0.1) is 0 Å². The Morgan fingerprint density at radius 2 is 2.19 bits per heavy atom. The van der Waals surface area contributed by atoms with Crippen LogP contribution < -0.4 is 10.1 Å². The Morgan fingerprint density at radius 1 is 1.28 bits per heavy atom. The van der Waals surface area contributed by atoms with Crippen LogP contribution in [-0.4, -0.2) is 70.5 Å².